The van der Waals surface area contributed by atoms with Gasteiger partial charge in [-0.2, -0.15) is 0 Å². The molecule has 0 N–H and O–H groups in total. The summed E-state index contributed by atoms with van der Waals surface area (Å²) in [6.07, 6.45) is 0. The SMILES string of the molecule is Clc1ccc(-c2cccc(-c3cccc4c3Oc3cc5c(cc3O4)C3(c4ccccc4-c4ccccc43)c3ccccc3-5)c2)cc1. The predicted octanol–water partition coefficient (Wildman–Crippen LogP) is 11.9. The molecule has 0 amide bonds. The van der Waals surface area contributed by atoms with Crippen molar-refractivity contribution in [2.24, 2.45) is 0 Å². The second-order valence-corrected chi connectivity index (χ2v) is 12.6. The second kappa shape index (κ2) is 9.47. The first-order valence-corrected chi connectivity index (χ1v) is 15.9. The molecule has 0 fully saturated rings. The van der Waals surface area contributed by atoms with Crippen molar-refractivity contribution in [3.63, 3.8) is 0 Å². The Balaban J connectivity index is 1.14. The van der Waals surface area contributed by atoms with Gasteiger partial charge in [0.05, 0.1) is 5.41 Å². The quantitative estimate of drug-likeness (QED) is 0.194. The van der Waals surface area contributed by atoms with Gasteiger partial charge in [0.15, 0.2) is 23.0 Å². The lowest BCUT2D eigenvalue weighted by Gasteiger charge is -2.31. The zero-order valence-electron chi connectivity index (χ0n) is 24.6. The molecule has 10 rings (SSSR count). The van der Waals surface area contributed by atoms with Crippen LogP contribution in [0.25, 0.3) is 44.5 Å². The van der Waals surface area contributed by atoms with Crippen LogP contribution in [0.4, 0.5) is 0 Å². The lowest BCUT2D eigenvalue weighted by Crippen LogP contribution is -2.25. The van der Waals surface area contributed by atoms with Gasteiger partial charge in [0.2, 0.25) is 0 Å². The van der Waals surface area contributed by atoms with E-state index in [1.165, 1.54) is 44.5 Å². The highest BCUT2D eigenvalue weighted by Gasteiger charge is 2.52. The number of rotatable bonds is 2. The van der Waals surface area contributed by atoms with Crippen molar-refractivity contribution in [2.75, 3.05) is 0 Å². The Hall–Kier alpha value is -5.57. The van der Waals surface area contributed by atoms with E-state index in [1.54, 1.807) is 0 Å². The molecule has 3 aliphatic rings. The summed E-state index contributed by atoms with van der Waals surface area (Å²) >= 11 is 6.16. The van der Waals surface area contributed by atoms with Crippen LogP contribution in [0.1, 0.15) is 22.3 Å². The Labute approximate surface area is 272 Å². The van der Waals surface area contributed by atoms with Crippen LogP contribution >= 0.6 is 11.6 Å². The van der Waals surface area contributed by atoms with Crippen molar-refractivity contribution in [2.45, 2.75) is 5.41 Å². The first kappa shape index (κ1) is 25.7. The molecule has 216 valence electrons. The number of para-hydroxylation sites is 1. The molecule has 0 aromatic heterocycles. The molecule has 0 atom stereocenters. The van der Waals surface area contributed by atoms with Gasteiger partial charge in [-0.05, 0) is 97.6 Å². The van der Waals surface area contributed by atoms with Gasteiger partial charge >= 0.3 is 0 Å². The molecule has 3 heteroatoms. The highest BCUT2D eigenvalue weighted by Crippen LogP contribution is 2.64. The largest absolute Gasteiger partial charge is 0.449 e. The molecular weight excluding hydrogens is 584 g/mol. The molecule has 1 spiro atoms. The number of hydrogen-bond donors (Lipinski definition) is 0. The van der Waals surface area contributed by atoms with Crippen LogP contribution in [0.5, 0.6) is 23.0 Å². The van der Waals surface area contributed by atoms with Gasteiger partial charge in [0.25, 0.3) is 0 Å². The van der Waals surface area contributed by atoms with Crippen molar-refractivity contribution < 1.29 is 9.47 Å². The molecule has 7 aromatic rings. The molecule has 1 heterocycles. The molecule has 0 bridgehead atoms. The topological polar surface area (TPSA) is 18.5 Å². The number of benzene rings is 7. The summed E-state index contributed by atoms with van der Waals surface area (Å²) in [6, 6.07) is 53.5. The van der Waals surface area contributed by atoms with Gasteiger partial charge in [-0.3, -0.25) is 0 Å². The Bertz CT molecular complexity index is 2340. The maximum Gasteiger partial charge on any atom is 0.177 e. The van der Waals surface area contributed by atoms with Gasteiger partial charge in [0, 0.05) is 10.6 Å². The first-order valence-electron chi connectivity index (χ1n) is 15.5. The van der Waals surface area contributed by atoms with E-state index in [-0.39, 0.29) is 0 Å². The summed E-state index contributed by atoms with van der Waals surface area (Å²) in [4.78, 5) is 0. The number of halogens is 1. The van der Waals surface area contributed by atoms with Crippen LogP contribution in [-0.4, -0.2) is 0 Å². The molecule has 46 heavy (non-hydrogen) atoms. The zero-order chi connectivity index (χ0) is 30.4. The first-order chi connectivity index (χ1) is 22.7. The standard InChI is InChI=1S/C43H25ClO2/c44-29-21-19-26(20-22-29)27-9-7-10-28(23-27)30-14-8-18-39-42(30)46-40-24-34-33-13-3-6-17-37(33)43(38(34)25-41(40)45-39)35-15-4-1-11-31(35)32-12-2-5-16-36(32)43/h1-25H. The number of fused-ring (bicyclic) bond motifs is 12. The average Bonchev–Trinajstić information content (AvgIpc) is 3.57. The molecule has 7 aromatic carbocycles. The third kappa shape index (κ3) is 3.42. The van der Waals surface area contributed by atoms with E-state index < -0.39 is 5.41 Å². The van der Waals surface area contributed by atoms with E-state index in [2.05, 4.69) is 115 Å². The Morgan fingerprint density at radius 1 is 0.370 bits per heavy atom. The summed E-state index contributed by atoms with van der Waals surface area (Å²) < 4.78 is 13.5. The van der Waals surface area contributed by atoms with Crippen LogP contribution in [0.3, 0.4) is 0 Å². The van der Waals surface area contributed by atoms with Crippen molar-refractivity contribution in [1.82, 2.24) is 0 Å². The van der Waals surface area contributed by atoms with E-state index in [0.29, 0.717) is 5.75 Å². The van der Waals surface area contributed by atoms with Gasteiger partial charge in [-0.1, -0.05) is 127 Å². The van der Waals surface area contributed by atoms with E-state index in [1.807, 2.05) is 36.4 Å². The van der Waals surface area contributed by atoms with Gasteiger partial charge in [0.1, 0.15) is 0 Å². The lowest BCUT2D eigenvalue weighted by atomic mass is 9.70. The van der Waals surface area contributed by atoms with Crippen LogP contribution in [0.15, 0.2) is 152 Å². The molecule has 2 aliphatic carbocycles. The van der Waals surface area contributed by atoms with Crippen LogP contribution in [-0.2, 0) is 5.41 Å². The third-order valence-electron chi connectivity index (χ3n) is 9.82. The maximum absolute atomic E-state index is 6.81. The summed E-state index contributed by atoms with van der Waals surface area (Å²) in [5.41, 5.74) is 13.9. The molecule has 0 saturated carbocycles. The van der Waals surface area contributed by atoms with Gasteiger partial charge in [-0.25, -0.2) is 0 Å². The molecular formula is C43H25ClO2. The normalized spacial score (nSPS) is 13.8. The minimum atomic E-state index is -0.429. The molecule has 0 saturated heterocycles. The van der Waals surface area contributed by atoms with Crippen LogP contribution in [0, 0.1) is 0 Å². The smallest absolute Gasteiger partial charge is 0.177 e. The maximum atomic E-state index is 6.81. The molecule has 2 nitrogen and oxygen atoms in total. The predicted molar refractivity (Wildman–Crippen MR) is 185 cm³/mol. The highest BCUT2D eigenvalue weighted by molar-refractivity contribution is 6.30. The fourth-order valence-corrected chi connectivity index (χ4v) is 8.05. The van der Waals surface area contributed by atoms with E-state index in [0.717, 1.165) is 44.5 Å². The third-order valence-corrected chi connectivity index (χ3v) is 10.1. The Kier molecular flexibility index (Phi) is 5.29. The minimum Gasteiger partial charge on any atom is -0.449 e. The average molecular weight is 609 g/mol. The molecule has 0 unspecified atom stereocenters. The van der Waals surface area contributed by atoms with E-state index in [4.69, 9.17) is 21.1 Å². The summed E-state index contributed by atoms with van der Waals surface area (Å²) in [5, 5.41) is 0.725. The number of ether oxygens (including phenoxy) is 2. The highest BCUT2D eigenvalue weighted by atomic mass is 35.5. The summed E-state index contributed by atoms with van der Waals surface area (Å²) in [7, 11) is 0. The fourth-order valence-electron chi connectivity index (χ4n) is 7.92. The zero-order valence-corrected chi connectivity index (χ0v) is 25.4. The van der Waals surface area contributed by atoms with Crippen molar-refractivity contribution >= 4 is 11.6 Å². The second-order valence-electron chi connectivity index (χ2n) is 12.2. The monoisotopic (exact) mass is 608 g/mol. The van der Waals surface area contributed by atoms with Gasteiger partial charge in [-0.15, -0.1) is 0 Å². The minimum absolute atomic E-state index is 0.429. The fraction of sp³-hybridized carbons (Fsp3) is 0.0233. The lowest BCUT2D eigenvalue weighted by molar-refractivity contribution is 0.360. The van der Waals surface area contributed by atoms with Crippen molar-refractivity contribution in [1.29, 1.82) is 0 Å². The van der Waals surface area contributed by atoms with Crippen molar-refractivity contribution in [3.05, 3.63) is 179 Å². The molecule has 0 radical (unpaired) electrons. The van der Waals surface area contributed by atoms with Crippen LogP contribution < -0.4 is 9.47 Å². The van der Waals surface area contributed by atoms with E-state index >= 15 is 0 Å². The van der Waals surface area contributed by atoms with E-state index in [9.17, 15) is 0 Å². The Morgan fingerprint density at radius 2 is 0.935 bits per heavy atom. The number of hydrogen-bond acceptors (Lipinski definition) is 2. The molecule has 1 aliphatic heterocycles. The Morgan fingerprint density at radius 3 is 1.63 bits per heavy atom. The van der Waals surface area contributed by atoms with Crippen LogP contribution in [0.2, 0.25) is 5.02 Å². The van der Waals surface area contributed by atoms with Crippen molar-refractivity contribution in [3.8, 4) is 67.5 Å². The van der Waals surface area contributed by atoms with Gasteiger partial charge < -0.3 is 9.47 Å². The summed E-state index contributed by atoms with van der Waals surface area (Å²) in [5.74, 6) is 2.88. The summed E-state index contributed by atoms with van der Waals surface area (Å²) in [6.45, 7) is 0.